The van der Waals surface area contributed by atoms with Gasteiger partial charge in [-0.3, -0.25) is 0 Å². The smallest absolute Gasteiger partial charge is 0.283 e. The molecule has 0 heterocycles. The highest BCUT2D eigenvalue weighted by Gasteiger charge is 2.21. The van der Waals surface area contributed by atoms with Gasteiger partial charge in [0.15, 0.2) is 0 Å². The van der Waals surface area contributed by atoms with Gasteiger partial charge >= 0.3 is 0 Å². The molecule has 30 heavy (non-hydrogen) atoms. The third kappa shape index (κ3) is 10.1. The number of hydrogen-bond acceptors (Lipinski definition) is 2. The molecule has 0 spiro atoms. The van der Waals surface area contributed by atoms with Crippen LogP contribution < -0.4 is 10.4 Å². The highest BCUT2D eigenvalue weighted by molar-refractivity contribution is 6.80. The van der Waals surface area contributed by atoms with Crippen LogP contribution in [0.25, 0.3) is 0 Å². The maximum absolute atomic E-state index is 6.60. The van der Waals surface area contributed by atoms with E-state index in [-0.39, 0.29) is 6.10 Å². The molecule has 0 amide bonds. The van der Waals surface area contributed by atoms with E-state index in [0.29, 0.717) is 6.10 Å². The molecule has 2 nitrogen and oxygen atoms in total. The van der Waals surface area contributed by atoms with Gasteiger partial charge < -0.3 is 9.16 Å². The van der Waals surface area contributed by atoms with Gasteiger partial charge in [0.05, 0.1) is 6.10 Å². The Labute approximate surface area is 186 Å². The van der Waals surface area contributed by atoms with Gasteiger partial charge in [0, 0.05) is 12.7 Å². The average Bonchev–Trinajstić information content (AvgIpc) is 2.78. The fourth-order valence-corrected chi connectivity index (χ4v) is 5.80. The molecule has 0 saturated heterocycles. The number of rotatable bonds is 16. The van der Waals surface area contributed by atoms with Crippen molar-refractivity contribution in [2.24, 2.45) is 0 Å². The zero-order valence-electron chi connectivity index (χ0n) is 19.3. The van der Waals surface area contributed by atoms with E-state index in [0.717, 1.165) is 19.4 Å². The van der Waals surface area contributed by atoms with Gasteiger partial charge in [-0.15, -0.1) is 0 Å². The van der Waals surface area contributed by atoms with Crippen LogP contribution in [0.4, 0.5) is 0 Å². The minimum atomic E-state index is -1.19. The summed E-state index contributed by atoms with van der Waals surface area (Å²) in [5.74, 6) is 0. The van der Waals surface area contributed by atoms with Crippen LogP contribution in [0, 0.1) is 0 Å². The van der Waals surface area contributed by atoms with E-state index in [1.54, 1.807) is 0 Å². The van der Waals surface area contributed by atoms with E-state index in [1.807, 2.05) is 0 Å². The molecule has 1 radical (unpaired) electrons. The third-order valence-electron chi connectivity index (χ3n) is 5.51. The van der Waals surface area contributed by atoms with Gasteiger partial charge in [0.25, 0.3) is 9.04 Å². The molecule has 2 aromatic rings. The fraction of sp³-hybridized carbons (Fsp3) is 0.556. The zero-order chi connectivity index (χ0) is 21.4. The quantitative estimate of drug-likeness (QED) is 0.238. The van der Waals surface area contributed by atoms with E-state index in [9.17, 15) is 0 Å². The maximum atomic E-state index is 6.60. The van der Waals surface area contributed by atoms with Crippen LogP contribution in [0.2, 0.25) is 0 Å². The van der Waals surface area contributed by atoms with E-state index < -0.39 is 9.04 Å². The van der Waals surface area contributed by atoms with Crippen molar-refractivity contribution in [1.82, 2.24) is 0 Å². The Morgan fingerprint density at radius 2 is 1.20 bits per heavy atom. The first kappa shape index (κ1) is 24.8. The SMILES string of the molecule is CCCCCCC(C)OCCCCCC(C)O[Si](c1ccccc1)c1ccccc1. The summed E-state index contributed by atoms with van der Waals surface area (Å²) in [6.07, 6.45) is 11.9. The Hall–Kier alpha value is -1.42. The first-order chi connectivity index (χ1) is 14.7. The minimum Gasteiger partial charge on any atom is -0.405 e. The lowest BCUT2D eigenvalue weighted by Gasteiger charge is -2.21. The van der Waals surface area contributed by atoms with Crippen LogP contribution in [0.5, 0.6) is 0 Å². The summed E-state index contributed by atoms with van der Waals surface area (Å²) in [4.78, 5) is 0. The first-order valence-electron chi connectivity index (χ1n) is 12.0. The number of ether oxygens (including phenoxy) is 1. The molecule has 0 aromatic heterocycles. The largest absolute Gasteiger partial charge is 0.405 e. The van der Waals surface area contributed by atoms with Gasteiger partial charge in [-0.05, 0) is 43.5 Å². The Balaban J connectivity index is 1.66. The van der Waals surface area contributed by atoms with Crippen molar-refractivity contribution in [1.29, 1.82) is 0 Å². The van der Waals surface area contributed by atoms with Gasteiger partial charge in [-0.2, -0.15) is 0 Å². The highest BCUT2D eigenvalue weighted by atomic mass is 28.3. The lowest BCUT2D eigenvalue weighted by molar-refractivity contribution is 0.0553. The standard InChI is InChI=1S/C27H41O2Si/c1-4-5-6-10-17-24(2)28-23-16-9-11-18-25(3)29-30(26-19-12-7-13-20-26)27-21-14-8-15-22-27/h7-8,12-15,19-22,24-25H,4-6,9-11,16-18,23H2,1-3H3. The normalized spacial score (nSPS) is 13.5. The lowest BCUT2D eigenvalue weighted by Crippen LogP contribution is -2.46. The molecule has 165 valence electrons. The van der Waals surface area contributed by atoms with Crippen molar-refractivity contribution in [2.75, 3.05) is 6.61 Å². The van der Waals surface area contributed by atoms with Crippen LogP contribution in [0.3, 0.4) is 0 Å². The third-order valence-corrected chi connectivity index (χ3v) is 7.87. The molecule has 0 bridgehead atoms. The molecule has 0 aliphatic heterocycles. The van der Waals surface area contributed by atoms with Gasteiger partial charge in [0.1, 0.15) is 0 Å². The molecule has 0 saturated carbocycles. The highest BCUT2D eigenvalue weighted by Crippen LogP contribution is 2.11. The predicted molar refractivity (Wildman–Crippen MR) is 131 cm³/mol. The van der Waals surface area contributed by atoms with Crippen molar-refractivity contribution in [2.45, 2.75) is 90.8 Å². The molecule has 2 aromatic carbocycles. The Morgan fingerprint density at radius 3 is 1.77 bits per heavy atom. The summed E-state index contributed by atoms with van der Waals surface area (Å²) >= 11 is 0. The molecule has 0 fully saturated rings. The first-order valence-corrected chi connectivity index (χ1v) is 13.4. The maximum Gasteiger partial charge on any atom is 0.283 e. The predicted octanol–water partition coefficient (Wildman–Crippen LogP) is 6.13. The summed E-state index contributed by atoms with van der Waals surface area (Å²) < 4.78 is 12.6. The second-order valence-electron chi connectivity index (χ2n) is 8.37. The Morgan fingerprint density at radius 1 is 0.667 bits per heavy atom. The monoisotopic (exact) mass is 425 g/mol. The molecule has 3 heteroatoms. The van der Waals surface area contributed by atoms with Crippen molar-refractivity contribution >= 4 is 19.4 Å². The van der Waals surface area contributed by atoms with E-state index in [1.165, 1.54) is 55.3 Å². The summed E-state index contributed by atoms with van der Waals surface area (Å²) in [6, 6.07) is 21.4. The molecule has 0 aliphatic rings. The Kier molecular flexibility index (Phi) is 12.7. The molecule has 0 aliphatic carbocycles. The van der Waals surface area contributed by atoms with Crippen LogP contribution in [-0.2, 0) is 9.16 Å². The molecule has 2 unspecified atom stereocenters. The minimum absolute atomic E-state index is 0.276. The van der Waals surface area contributed by atoms with Crippen molar-refractivity contribution in [3.05, 3.63) is 60.7 Å². The summed E-state index contributed by atoms with van der Waals surface area (Å²) in [7, 11) is -1.19. The lowest BCUT2D eigenvalue weighted by atomic mass is 10.1. The van der Waals surface area contributed by atoms with Gasteiger partial charge in [-0.25, -0.2) is 0 Å². The summed E-state index contributed by atoms with van der Waals surface area (Å²) in [6.45, 7) is 7.61. The molecule has 0 N–H and O–H groups in total. The molecule has 2 rings (SSSR count). The topological polar surface area (TPSA) is 18.5 Å². The van der Waals surface area contributed by atoms with Crippen LogP contribution in [0.15, 0.2) is 60.7 Å². The van der Waals surface area contributed by atoms with Crippen LogP contribution in [-0.4, -0.2) is 27.9 Å². The molecular formula is C27H41O2Si. The fourth-order valence-electron chi connectivity index (χ4n) is 3.68. The van der Waals surface area contributed by atoms with Crippen LogP contribution >= 0.6 is 0 Å². The Bertz CT molecular complexity index is 607. The molecular weight excluding hydrogens is 384 g/mol. The van der Waals surface area contributed by atoms with Crippen molar-refractivity contribution < 1.29 is 9.16 Å². The van der Waals surface area contributed by atoms with Crippen molar-refractivity contribution in [3.8, 4) is 0 Å². The van der Waals surface area contributed by atoms with Gasteiger partial charge in [-0.1, -0.05) is 106 Å². The van der Waals surface area contributed by atoms with Crippen LogP contribution in [0.1, 0.15) is 78.6 Å². The summed E-state index contributed by atoms with van der Waals surface area (Å²) in [5.41, 5.74) is 0. The van der Waals surface area contributed by atoms with E-state index in [4.69, 9.17) is 9.16 Å². The molecule has 2 atom stereocenters. The van der Waals surface area contributed by atoms with Crippen molar-refractivity contribution in [3.63, 3.8) is 0 Å². The second kappa shape index (κ2) is 15.4. The van der Waals surface area contributed by atoms with Gasteiger partial charge in [0.2, 0.25) is 0 Å². The van der Waals surface area contributed by atoms with E-state index in [2.05, 4.69) is 81.4 Å². The zero-order valence-corrected chi connectivity index (χ0v) is 20.3. The average molecular weight is 426 g/mol. The number of benzene rings is 2. The second-order valence-corrected chi connectivity index (χ2v) is 10.4. The van der Waals surface area contributed by atoms with E-state index >= 15 is 0 Å². The summed E-state index contributed by atoms with van der Waals surface area (Å²) in [5, 5.41) is 2.64. The number of hydrogen-bond donors (Lipinski definition) is 0. The number of unbranched alkanes of at least 4 members (excludes halogenated alkanes) is 5.